The summed E-state index contributed by atoms with van der Waals surface area (Å²) in [6.45, 7) is 1.82. The molecule has 4 heteroatoms. The molecule has 26 heavy (non-hydrogen) atoms. The van der Waals surface area contributed by atoms with Gasteiger partial charge in [-0.05, 0) is 74.1 Å². The minimum absolute atomic E-state index is 0.235. The van der Waals surface area contributed by atoms with Crippen molar-refractivity contribution in [1.29, 1.82) is 0 Å². The van der Waals surface area contributed by atoms with E-state index in [1.807, 2.05) is 25.1 Å². The maximum absolute atomic E-state index is 13.2. The second-order valence-electron chi connectivity index (χ2n) is 7.63. The number of nitrogens with one attached hydrogen (secondary N) is 1. The molecule has 1 heterocycles. The van der Waals surface area contributed by atoms with Crippen LogP contribution in [-0.2, 0) is 12.0 Å². The molecule has 2 atom stereocenters. The molecule has 1 aliphatic rings. The van der Waals surface area contributed by atoms with E-state index in [1.54, 1.807) is 12.1 Å². The van der Waals surface area contributed by atoms with Crippen LogP contribution in [0.4, 0.5) is 4.39 Å². The van der Waals surface area contributed by atoms with Crippen LogP contribution in [0.25, 0.3) is 10.9 Å². The number of aromatic nitrogens is 1. The van der Waals surface area contributed by atoms with Gasteiger partial charge in [0.15, 0.2) is 0 Å². The summed E-state index contributed by atoms with van der Waals surface area (Å²) in [5.74, 6) is -0.0486. The first kappa shape index (κ1) is 17.6. The number of fused-ring (bicyclic) bond motifs is 3. The molecule has 0 spiro atoms. The number of aliphatic hydroxyl groups is 1. The van der Waals surface area contributed by atoms with Gasteiger partial charge in [0.1, 0.15) is 5.82 Å². The molecule has 0 saturated carbocycles. The van der Waals surface area contributed by atoms with E-state index in [9.17, 15) is 9.50 Å². The Morgan fingerprint density at radius 3 is 2.73 bits per heavy atom. The zero-order chi connectivity index (χ0) is 18.3. The summed E-state index contributed by atoms with van der Waals surface area (Å²) in [7, 11) is 0. The number of benzene rings is 2. The largest absolute Gasteiger partial charge is 0.385 e. The Morgan fingerprint density at radius 2 is 1.96 bits per heavy atom. The lowest BCUT2D eigenvalue weighted by Gasteiger charge is -2.29. The van der Waals surface area contributed by atoms with Gasteiger partial charge >= 0.3 is 0 Å². The van der Waals surface area contributed by atoms with Gasteiger partial charge in [0.05, 0.1) is 5.60 Å². The second kappa shape index (κ2) is 6.71. The van der Waals surface area contributed by atoms with Crippen molar-refractivity contribution in [3.8, 4) is 0 Å². The van der Waals surface area contributed by atoms with Gasteiger partial charge in [-0.25, -0.2) is 4.39 Å². The summed E-state index contributed by atoms with van der Waals surface area (Å²) < 4.78 is 13.2. The van der Waals surface area contributed by atoms with E-state index in [1.165, 1.54) is 28.8 Å². The van der Waals surface area contributed by atoms with E-state index in [0.717, 1.165) is 41.8 Å². The second-order valence-corrected chi connectivity index (χ2v) is 8.07. The van der Waals surface area contributed by atoms with E-state index >= 15 is 0 Å². The Kier molecular flexibility index (Phi) is 4.54. The van der Waals surface area contributed by atoms with Gasteiger partial charge < -0.3 is 10.1 Å². The first-order valence-corrected chi connectivity index (χ1v) is 9.60. The molecule has 136 valence electrons. The molecular weight excluding hydrogens is 349 g/mol. The van der Waals surface area contributed by atoms with Crippen LogP contribution in [0, 0.1) is 5.82 Å². The Hall–Kier alpha value is -1.84. The van der Waals surface area contributed by atoms with Gasteiger partial charge in [0.2, 0.25) is 0 Å². The summed E-state index contributed by atoms with van der Waals surface area (Å²) >= 11 is 6.21. The molecule has 2 unspecified atom stereocenters. The number of hydrogen-bond donors (Lipinski definition) is 2. The lowest BCUT2D eigenvalue weighted by molar-refractivity contribution is 0.0384. The summed E-state index contributed by atoms with van der Waals surface area (Å²) in [6.07, 6.45) is 4.94. The molecule has 4 rings (SSSR count). The molecule has 1 aliphatic carbocycles. The molecule has 0 bridgehead atoms. The van der Waals surface area contributed by atoms with Crippen LogP contribution in [0.2, 0.25) is 5.02 Å². The predicted molar refractivity (Wildman–Crippen MR) is 104 cm³/mol. The van der Waals surface area contributed by atoms with E-state index in [-0.39, 0.29) is 11.7 Å². The van der Waals surface area contributed by atoms with Crippen molar-refractivity contribution in [2.24, 2.45) is 0 Å². The van der Waals surface area contributed by atoms with Crippen LogP contribution in [0.15, 0.2) is 42.5 Å². The first-order valence-electron chi connectivity index (χ1n) is 9.22. The van der Waals surface area contributed by atoms with Crippen LogP contribution >= 0.6 is 11.6 Å². The molecule has 2 N–H and O–H groups in total. The average molecular weight is 372 g/mol. The summed E-state index contributed by atoms with van der Waals surface area (Å²) in [5.41, 5.74) is 3.41. The number of rotatable bonds is 3. The van der Waals surface area contributed by atoms with Crippen molar-refractivity contribution in [3.05, 3.63) is 70.1 Å². The summed E-state index contributed by atoms with van der Waals surface area (Å²) in [4.78, 5) is 3.59. The maximum Gasteiger partial charge on any atom is 0.123 e. The Bertz CT molecular complexity index is 929. The highest BCUT2D eigenvalue weighted by atomic mass is 35.5. The lowest BCUT2D eigenvalue weighted by Crippen LogP contribution is -2.24. The highest BCUT2D eigenvalue weighted by Gasteiger charge is 2.31. The fourth-order valence-electron chi connectivity index (χ4n) is 4.31. The van der Waals surface area contributed by atoms with Gasteiger partial charge in [-0.2, -0.15) is 0 Å². The van der Waals surface area contributed by atoms with E-state index in [0.29, 0.717) is 6.42 Å². The molecule has 0 amide bonds. The average Bonchev–Trinajstić information content (AvgIpc) is 2.84. The smallest absolute Gasteiger partial charge is 0.123 e. The third-order valence-electron chi connectivity index (χ3n) is 5.65. The SMILES string of the molecule is CC(O)(CC1CCCCc2c1[nH]c1ccc(Cl)cc21)c1ccc(F)cc1. The van der Waals surface area contributed by atoms with E-state index in [2.05, 4.69) is 4.98 Å². The molecule has 0 aliphatic heterocycles. The Labute approximate surface area is 158 Å². The van der Waals surface area contributed by atoms with Crippen molar-refractivity contribution in [1.82, 2.24) is 4.98 Å². The van der Waals surface area contributed by atoms with Crippen molar-refractivity contribution in [3.63, 3.8) is 0 Å². The third-order valence-corrected chi connectivity index (χ3v) is 5.88. The van der Waals surface area contributed by atoms with E-state index < -0.39 is 5.60 Å². The standard InChI is InChI=1S/C22H23ClFNO/c1-22(26,15-6-9-17(24)10-7-15)13-14-4-2-3-5-18-19-12-16(23)8-11-20(19)25-21(14)18/h6-12,14,25-26H,2-5,13H2,1H3. The summed E-state index contributed by atoms with van der Waals surface area (Å²) in [6, 6.07) is 12.1. The molecule has 1 aromatic heterocycles. The number of aryl methyl sites for hydroxylation is 1. The molecule has 0 fully saturated rings. The first-order chi connectivity index (χ1) is 12.4. The number of H-pyrrole nitrogens is 1. The van der Waals surface area contributed by atoms with Crippen LogP contribution in [-0.4, -0.2) is 10.1 Å². The van der Waals surface area contributed by atoms with Gasteiger partial charge in [0, 0.05) is 27.5 Å². The molecule has 0 radical (unpaired) electrons. The van der Waals surface area contributed by atoms with Crippen molar-refractivity contribution >= 4 is 22.5 Å². The topological polar surface area (TPSA) is 36.0 Å². The zero-order valence-corrected chi connectivity index (χ0v) is 15.6. The van der Waals surface area contributed by atoms with Crippen molar-refractivity contribution in [2.75, 3.05) is 0 Å². The van der Waals surface area contributed by atoms with Crippen LogP contribution in [0.5, 0.6) is 0 Å². The van der Waals surface area contributed by atoms with Gasteiger partial charge in [0.25, 0.3) is 0 Å². The molecule has 3 aromatic rings. The van der Waals surface area contributed by atoms with Crippen molar-refractivity contribution < 1.29 is 9.50 Å². The highest BCUT2D eigenvalue weighted by molar-refractivity contribution is 6.31. The minimum atomic E-state index is -1.01. The van der Waals surface area contributed by atoms with E-state index in [4.69, 9.17) is 11.6 Å². The van der Waals surface area contributed by atoms with Crippen molar-refractivity contribution in [2.45, 2.75) is 50.5 Å². The number of halogens is 2. The van der Waals surface area contributed by atoms with Crippen LogP contribution in [0.3, 0.4) is 0 Å². The van der Waals surface area contributed by atoms with Gasteiger partial charge in [-0.15, -0.1) is 0 Å². The number of aromatic amines is 1. The molecule has 0 saturated heterocycles. The van der Waals surface area contributed by atoms with Gasteiger partial charge in [-0.1, -0.05) is 30.2 Å². The van der Waals surface area contributed by atoms with Gasteiger partial charge in [-0.3, -0.25) is 0 Å². The normalized spacial score (nSPS) is 19.8. The summed E-state index contributed by atoms with van der Waals surface area (Å²) in [5, 5.41) is 13.1. The zero-order valence-electron chi connectivity index (χ0n) is 14.9. The quantitative estimate of drug-likeness (QED) is 0.538. The van der Waals surface area contributed by atoms with Crippen LogP contribution < -0.4 is 0 Å². The highest BCUT2D eigenvalue weighted by Crippen LogP contribution is 2.41. The predicted octanol–water partition coefficient (Wildman–Crippen LogP) is 6.07. The monoisotopic (exact) mass is 371 g/mol. The maximum atomic E-state index is 13.2. The number of hydrogen-bond acceptors (Lipinski definition) is 1. The fraction of sp³-hybridized carbons (Fsp3) is 0.364. The Morgan fingerprint density at radius 1 is 1.19 bits per heavy atom. The fourth-order valence-corrected chi connectivity index (χ4v) is 4.48. The molecule has 2 nitrogen and oxygen atoms in total. The minimum Gasteiger partial charge on any atom is -0.385 e. The molecular formula is C22H23ClFNO. The lowest BCUT2D eigenvalue weighted by atomic mass is 9.82. The molecule has 2 aromatic carbocycles. The Balaban J connectivity index is 1.71. The third kappa shape index (κ3) is 3.26. The van der Waals surface area contributed by atoms with Crippen LogP contribution in [0.1, 0.15) is 55.3 Å².